The summed E-state index contributed by atoms with van der Waals surface area (Å²) < 4.78 is 0. The predicted octanol–water partition coefficient (Wildman–Crippen LogP) is 1.47. The highest BCUT2D eigenvalue weighted by molar-refractivity contribution is 4.99. The van der Waals surface area contributed by atoms with E-state index < -0.39 is 0 Å². The smallest absolute Gasteiger partial charge is 0.0716 e. The average Bonchev–Trinajstić information content (AvgIpc) is 2.41. The molecule has 1 heterocycles. The summed E-state index contributed by atoms with van der Waals surface area (Å²) in [5.74, 6) is 0.802. The van der Waals surface area contributed by atoms with Gasteiger partial charge in [0.1, 0.15) is 0 Å². The summed E-state index contributed by atoms with van der Waals surface area (Å²) in [6.45, 7) is 5.78. The van der Waals surface area contributed by atoms with Gasteiger partial charge in [-0.05, 0) is 25.7 Å². The van der Waals surface area contributed by atoms with Gasteiger partial charge in [0.2, 0.25) is 0 Å². The van der Waals surface area contributed by atoms with Crippen LogP contribution in [0.3, 0.4) is 0 Å². The molecule has 0 aromatic carbocycles. The lowest BCUT2D eigenvalue weighted by Crippen LogP contribution is -2.56. The van der Waals surface area contributed by atoms with Gasteiger partial charge in [-0.25, -0.2) is 0 Å². The van der Waals surface area contributed by atoms with Crippen LogP contribution < -0.4 is 10.6 Å². The molecule has 2 rings (SSSR count). The van der Waals surface area contributed by atoms with E-state index in [2.05, 4.69) is 24.5 Å². The number of nitrogens with one attached hydrogen (secondary N) is 2. The quantitative estimate of drug-likeness (QED) is 0.572. The summed E-state index contributed by atoms with van der Waals surface area (Å²) in [7, 11) is 0. The van der Waals surface area contributed by atoms with E-state index in [1.165, 1.54) is 25.7 Å². The minimum atomic E-state index is 0.303. The van der Waals surface area contributed by atoms with Crippen LogP contribution in [0.25, 0.3) is 0 Å². The van der Waals surface area contributed by atoms with Crippen molar-refractivity contribution in [3.8, 4) is 0 Å². The van der Waals surface area contributed by atoms with Crippen LogP contribution in [0.5, 0.6) is 0 Å². The summed E-state index contributed by atoms with van der Waals surface area (Å²) in [5, 5.41) is 7.37. The molecule has 0 amide bonds. The molecule has 0 aromatic rings. The summed E-state index contributed by atoms with van der Waals surface area (Å²) in [4.78, 5) is 0. The lowest BCUT2D eigenvalue weighted by molar-refractivity contribution is 0.150. The van der Waals surface area contributed by atoms with Crippen molar-refractivity contribution >= 4 is 0 Å². The molecule has 12 heavy (non-hydrogen) atoms. The maximum Gasteiger partial charge on any atom is 0.0716 e. The largest absolute Gasteiger partial charge is 0.298 e. The highest BCUT2D eigenvalue weighted by Gasteiger charge is 2.41. The summed E-state index contributed by atoms with van der Waals surface area (Å²) >= 11 is 0. The van der Waals surface area contributed by atoms with Crippen LogP contribution in [0.15, 0.2) is 0 Å². The van der Waals surface area contributed by atoms with E-state index >= 15 is 0 Å². The van der Waals surface area contributed by atoms with Gasteiger partial charge in [-0.3, -0.25) is 10.6 Å². The Morgan fingerprint density at radius 2 is 2.08 bits per heavy atom. The highest BCUT2D eigenvalue weighted by Crippen LogP contribution is 2.33. The minimum Gasteiger partial charge on any atom is -0.298 e. The molecule has 1 saturated heterocycles. The van der Waals surface area contributed by atoms with E-state index in [1.807, 2.05) is 0 Å². The molecule has 3 unspecified atom stereocenters. The topological polar surface area (TPSA) is 24.1 Å². The standard InChI is InChI=1S/C10H20N2/c1-8-5-3-4-6-10(8)11-7-9(2)12-10/h8-9,11-12H,3-7H2,1-2H3. The van der Waals surface area contributed by atoms with Gasteiger partial charge in [0.25, 0.3) is 0 Å². The van der Waals surface area contributed by atoms with Gasteiger partial charge in [0.05, 0.1) is 5.66 Å². The Morgan fingerprint density at radius 3 is 2.67 bits per heavy atom. The number of hydrogen-bond donors (Lipinski definition) is 2. The molecule has 70 valence electrons. The maximum atomic E-state index is 3.71. The van der Waals surface area contributed by atoms with E-state index in [0.717, 1.165) is 12.5 Å². The highest BCUT2D eigenvalue weighted by atomic mass is 15.3. The predicted molar refractivity (Wildman–Crippen MR) is 51.0 cm³/mol. The molecule has 1 saturated carbocycles. The average molecular weight is 168 g/mol. The number of hydrogen-bond acceptors (Lipinski definition) is 2. The first-order valence-corrected chi connectivity index (χ1v) is 5.26. The van der Waals surface area contributed by atoms with Crippen molar-refractivity contribution in [1.82, 2.24) is 10.6 Å². The first-order valence-electron chi connectivity index (χ1n) is 5.26. The number of rotatable bonds is 0. The van der Waals surface area contributed by atoms with Crippen LogP contribution in [0, 0.1) is 5.92 Å². The monoisotopic (exact) mass is 168 g/mol. The Balaban J connectivity index is 2.07. The fraction of sp³-hybridized carbons (Fsp3) is 1.00. The van der Waals surface area contributed by atoms with Crippen molar-refractivity contribution in [3.63, 3.8) is 0 Å². The molecule has 2 N–H and O–H groups in total. The van der Waals surface area contributed by atoms with Gasteiger partial charge in [-0.1, -0.05) is 19.8 Å². The molecular weight excluding hydrogens is 148 g/mol. The third-order valence-electron chi connectivity index (χ3n) is 3.53. The Hall–Kier alpha value is -0.0800. The lowest BCUT2D eigenvalue weighted by atomic mass is 9.80. The van der Waals surface area contributed by atoms with Crippen LogP contribution in [0.1, 0.15) is 39.5 Å². The van der Waals surface area contributed by atoms with Crippen molar-refractivity contribution in [3.05, 3.63) is 0 Å². The SMILES string of the molecule is CC1CNC2(CCCCC2C)N1. The summed E-state index contributed by atoms with van der Waals surface area (Å²) in [5.41, 5.74) is 0.303. The molecule has 1 spiro atoms. The van der Waals surface area contributed by atoms with Crippen LogP contribution in [-0.4, -0.2) is 18.2 Å². The van der Waals surface area contributed by atoms with Crippen LogP contribution >= 0.6 is 0 Å². The van der Waals surface area contributed by atoms with Crippen molar-refractivity contribution in [2.75, 3.05) is 6.54 Å². The van der Waals surface area contributed by atoms with Gasteiger partial charge in [-0.2, -0.15) is 0 Å². The van der Waals surface area contributed by atoms with Crippen LogP contribution in [0.4, 0.5) is 0 Å². The van der Waals surface area contributed by atoms with Crippen molar-refractivity contribution in [2.24, 2.45) is 5.92 Å². The minimum absolute atomic E-state index is 0.303. The second-order valence-electron chi connectivity index (χ2n) is 4.54. The first kappa shape index (κ1) is 8.52. The lowest BCUT2D eigenvalue weighted by Gasteiger charge is -2.40. The van der Waals surface area contributed by atoms with Crippen molar-refractivity contribution in [2.45, 2.75) is 51.2 Å². The molecule has 2 fully saturated rings. The molecule has 2 nitrogen and oxygen atoms in total. The van der Waals surface area contributed by atoms with Crippen LogP contribution in [0.2, 0.25) is 0 Å². The second-order valence-corrected chi connectivity index (χ2v) is 4.54. The Morgan fingerprint density at radius 1 is 1.25 bits per heavy atom. The zero-order valence-corrected chi connectivity index (χ0v) is 8.19. The zero-order valence-electron chi connectivity index (χ0n) is 8.19. The van der Waals surface area contributed by atoms with Crippen LogP contribution in [-0.2, 0) is 0 Å². The Kier molecular flexibility index (Phi) is 2.13. The molecule has 2 aliphatic rings. The Bertz CT molecular complexity index is 165. The molecule has 0 bridgehead atoms. The fourth-order valence-electron chi connectivity index (χ4n) is 2.70. The third kappa shape index (κ3) is 1.27. The normalized spacial score (nSPS) is 48.5. The van der Waals surface area contributed by atoms with Crippen molar-refractivity contribution in [1.29, 1.82) is 0 Å². The van der Waals surface area contributed by atoms with Crippen molar-refractivity contribution < 1.29 is 0 Å². The Labute approximate surface area is 75.1 Å². The molecule has 2 heteroatoms. The molecule has 1 aliphatic heterocycles. The van der Waals surface area contributed by atoms with E-state index in [1.54, 1.807) is 0 Å². The van der Waals surface area contributed by atoms with Gasteiger partial charge in [0, 0.05) is 12.6 Å². The van der Waals surface area contributed by atoms with E-state index in [-0.39, 0.29) is 0 Å². The fourth-order valence-corrected chi connectivity index (χ4v) is 2.70. The maximum absolute atomic E-state index is 3.71. The van der Waals surface area contributed by atoms with Gasteiger partial charge < -0.3 is 0 Å². The third-order valence-corrected chi connectivity index (χ3v) is 3.53. The van der Waals surface area contributed by atoms with Gasteiger partial charge >= 0.3 is 0 Å². The molecule has 0 aromatic heterocycles. The second kappa shape index (κ2) is 3.00. The summed E-state index contributed by atoms with van der Waals surface area (Å²) in [6, 6.07) is 0.658. The first-order chi connectivity index (χ1) is 5.73. The zero-order chi connectivity index (χ0) is 8.60. The molecule has 3 atom stereocenters. The molecule has 1 aliphatic carbocycles. The van der Waals surface area contributed by atoms with Gasteiger partial charge in [0.15, 0.2) is 0 Å². The summed E-state index contributed by atoms with van der Waals surface area (Å²) in [6.07, 6.45) is 5.50. The van der Waals surface area contributed by atoms with E-state index in [0.29, 0.717) is 11.7 Å². The molecule has 0 radical (unpaired) electrons. The van der Waals surface area contributed by atoms with E-state index in [9.17, 15) is 0 Å². The molecular formula is C10H20N2. The van der Waals surface area contributed by atoms with Gasteiger partial charge in [-0.15, -0.1) is 0 Å². The van der Waals surface area contributed by atoms with E-state index in [4.69, 9.17) is 0 Å².